The number of rotatable bonds is 4. The van der Waals surface area contributed by atoms with Gasteiger partial charge >= 0.3 is 6.09 Å². The van der Waals surface area contributed by atoms with Crippen LogP contribution in [-0.4, -0.2) is 61.0 Å². The zero-order valence-corrected chi connectivity index (χ0v) is 12.0. The fourth-order valence-electron chi connectivity index (χ4n) is 2.12. The van der Waals surface area contributed by atoms with Crippen molar-refractivity contribution < 1.29 is 30.0 Å². The number of amides is 1. The lowest BCUT2D eigenvalue weighted by Crippen LogP contribution is -2.34. The third-order valence-electron chi connectivity index (χ3n) is 3.26. The number of H-pyrrole nitrogens is 1. The molecule has 0 saturated carbocycles. The monoisotopic (exact) mass is 333 g/mol. The van der Waals surface area contributed by atoms with Gasteiger partial charge in [-0.3, -0.25) is 14.3 Å². The van der Waals surface area contributed by atoms with Crippen molar-refractivity contribution in [3.63, 3.8) is 0 Å². The van der Waals surface area contributed by atoms with Gasteiger partial charge in [0, 0.05) is 6.20 Å². The topological polar surface area (TPSA) is 157 Å². The number of aromatic nitrogens is 2. The lowest BCUT2D eigenvalue weighted by molar-refractivity contribution is -0.0542. The summed E-state index contributed by atoms with van der Waals surface area (Å²) in [5.41, 5.74) is -0.532. The standard InChI is InChI=1S/C11H15N3O7S/c15-3-5-6(16)7(17)9(21-5)14-2-4(1-12-11(19)20)8(18)13-10(14)22/h2,5-7,9,12,15-17H,1,3H2,(H,19,20)(H,13,18,22)/t5-,6-,7-,9-/m1/s1. The Morgan fingerprint density at radius 2 is 2.14 bits per heavy atom. The second-order valence-electron chi connectivity index (χ2n) is 4.71. The number of ether oxygens (including phenoxy) is 1. The molecule has 0 aromatic carbocycles. The quantitative estimate of drug-likeness (QED) is 0.355. The molecule has 0 bridgehead atoms. The number of nitrogens with zero attached hydrogens (tertiary/aromatic N) is 1. The van der Waals surface area contributed by atoms with E-state index in [9.17, 15) is 19.8 Å². The van der Waals surface area contributed by atoms with Crippen LogP contribution in [0.1, 0.15) is 11.8 Å². The van der Waals surface area contributed by atoms with Crippen molar-refractivity contribution >= 4 is 18.3 Å². The van der Waals surface area contributed by atoms with E-state index in [2.05, 4.69) is 4.98 Å². The van der Waals surface area contributed by atoms with Gasteiger partial charge in [0.2, 0.25) is 0 Å². The molecule has 0 unspecified atom stereocenters. The van der Waals surface area contributed by atoms with E-state index >= 15 is 0 Å². The van der Waals surface area contributed by atoms with Gasteiger partial charge in [-0.2, -0.15) is 0 Å². The fraction of sp³-hybridized carbons (Fsp3) is 0.545. The predicted octanol–water partition coefficient (Wildman–Crippen LogP) is -1.72. The predicted molar refractivity (Wildman–Crippen MR) is 73.8 cm³/mol. The van der Waals surface area contributed by atoms with Crippen LogP contribution < -0.4 is 10.9 Å². The van der Waals surface area contributed by atoms with Crippen molar-refractivity contribution in [1.82, 2.24) is 14.9 Å². The zero-order valence-electron chi connectivity index (χ0n) is 11.2. The molecule has 1 aliphatic heterocycles. The average molecular weight is 333 g/mol. The minimum absolute atomic E-state index is 0.0498. The second-order valence-corrected chi connectivity index (χ2v) is 5.10. The van der Waals surface area contributed by atoms with Crippen molar-refractivity contribution in [3.8, 4) is 0 Å². The summed E-state index contributed by atoms with van der Waals surface area (Å²) in [5, 5.41) is 39.4. The zero-order chi connectivity index (χ0) is 16.4. The average Bonchev–Trinajstić information content (AvgIpc) is 2.74. The molecule has 1 aliphatic rings. The molecule has 6 N–H and O–H groups in total. The van der Waals surface area contributed by atoms with E-state index in [0.29, 0.717) is 0 Å². The summed E-state index contributed by atoms with van der Waals surface area (Å²) in [4.78, 5) is 24.5. The number of aliphatic hydroxyl groups excluding tert-OH is 3. The molecule has 1 fully saturated rings. The summed E-state index contributed by atoms with van der Waals surface area (Å²) < 4.78 is 6.43. The van der Waals surface area contributed by atoms with Crippen molar-refractivity contribution in [1.29, 1.82) is 0 Å². The fourth-order valence-corrected chi connectivity index (χ4v) is 2.37. The SMILES string of the molecule is O=C(O)NCc1cn([C@@H]2O[C@H](CO)[C@@H](O)[C@H]2O)c(=S)[nH]c1=O. The first-order valence-electron chi connectivity index (χ1n) is 6.28. The molecule has 0 radical (unpaired) electrons. The molecule has 10 nitrogen and oxygen atoms in total. The van der Waals surface area contributed by atoms with Crippen LogP contribution in [-0.2, 0) is 11.3 Å². The van der Waals surface area contributed by atoms with E-state index in [1.54, 1.807) is 0 Å². The molecule has 122 valence electrons. The van der Waals surface area contributed by atoms with Gasteiger partial charge in [-0.15, -0.1) is 0 Å². The third kappa shape index (κ3) is 3.18. The molecule has 0 aliphatic carbocycles. The molecule has 1 aromatic rings. The molecule has 1 aromatic heterocycles. The highest BCUT2D eigenvalue weighted by atomic mass is 32.1. The van der Waals surface area contributed by atoms with Crippen LogP contribution in [0.3, 0.4) is 0 Å². The summed E-state index contributed by atoms with van der Waals surface area (Å²) in [6.45, 7) is -0.770. The molecule has 22 heavy (non-hydrogen) atoms. The number of hydrogen-bond acceptors (Lipinski definition) is 7. The van der Waals surface area contributed by atoms with Gasteiger partial charge in [0.1, 0.15) is 18.3 Å². The van der Waals surface area contributed by atoms with Gasteiger partial charge in [0.25, 0.3) is 5.56 Å². The van der Waals surface area contributed by atoms with Crippen LogP contribution in [0.2, 0.25) is 0 Å². The molecule has 2 heterocycles. The Balaban J connectivity index is 2.35. The lowest BCUT2D eigenvalue weighted by Gasteiger charge is -2.19. The number of nitrogens with one attached hydrogen (secondary N) is 2. The Morgan fingerprint density at radius 3 is 2.68 bits per heavy atom. The minimum Gasteiger partial charge on any atom is -0.465 e. The highest BCUT2D eigenvalue weighted by molar-refractivity contribution is 7.71. The maximum absolute atomic E-state index is 11.7. The van der Waals surface area contributed by atoms with Crippen molar-refractivity contribution in [2.24, 2.45) is 0 Å². The lowest BCUT2D eigenvalue weighted by atomic mass is 10.1. The molecule has 2 rings (SSSR count). The number of aliphatic hydroxyl groups is 3. The van der Waals surface area contributed by atoms with Crippen LogP contribution in [0.15, 0.2) is 11.0 Å². The van der Waals surface area contributed by atoms with E-state index in [1.165, 1.54) is 10.8 Å². The number of hydrogen-bond donors (Lipinski definition) is 6. The van der Waals surface area contributed by atoms with Crippen LogP contribution >= 0.6 is 12.2 Å². The summed E-state index contributed by atoms with van der Waals surface area (Å²) in [6, 6.07) is 0. The Bertz CT molecular complexity index is 672. The first-order chi connectivity index (χ1) is 10.3. The van der Waals surface area contributed by atoms with Crippen molar-refractivity contribution in [3.05, 3.63) is 26.9 Å². The van der Waals surface area contributed by atoms with Gasteiger partial charge < -0.3 is 30.5 Å². The van der Waals surface area contributed by atoms with E-state index in [0.717, 1.165) is 0 Å². The molecule has 4 atom stereocenters. The maximum Gasteiger partial charge on any atom is 0.404 e. The van der Waals surface area contributed by atoms with E-state index in [4.69, 9.17) is 27.2 Å². The normalized spacial score (nSPS) is 27.8. The number of carbonyl (C=O) groups is 1. The van der Waals surface area contributed by atoms with Gasteiger partial charge in [-0.05, 0) is 12.2 Å². The summed E-state index contributed by atoms with van der Waals surface area (Å²) in [6.07, 6.45) is -4.85. The molecule has 11 heteroatoms. The Kier molecular flexibility index (Phi) is 4.93. The Labute approximate surface area is 128 Å². The first-order valence-corrected chi connectivity index (χ1v) is 6.69. The Morgan fingerprint density at radius 1 is 1.45 bits per heavy atom. The van der Waals surface area contributed by atoms with Crippen molar-refractivity contribution in [2.45, 2.75) is 31.1 Å². The molecular weight excluding hydrogens is 318 g/mol. The number of aromatic amines is 1. The molecular formula is C11H15N3O7S. The van der Waals surface area contributed by atoms with Crippen LogP contribution in [0.4, 0.5) is 4.79 Å². The largest absolute Gasteiger partial charge is 0.465 e. The van der Waals surface area contributed by atoms with Gasteiger partial charge in [-0.1, -0.05) is 0 Å². The van der Waals surface area contributed by atoms with Gasteiger partial charge in [-0.25, -0.2) is 4.79 Å². The van der Waals surface area contributed by atoms with Crippen LogP contribution in [0, 0.1) is 4.77 Å². The molecule has 1 amide bonds. The minimum atomic E-state index is -1.37. The van der Waals surface area contributed by atoms with Crippen LogP contribution in [0.25, 0.3) is 0 Å². The summed E-state index contributed by atoms with van der Waals surface area (Å²) in [7, 11) is 0. The Hall–Kier alpha value is -1.79. The second kappa shape index (κ2) is 6.54. The van der Waals surface area contributed by atoms with E-state index in [-0.39, 0.29) is 16.9 Å². The smallest absolute Gasteiger partial charge is 0.404 e. The van der Waals surface area contributed by atoms with Crippen LogP contribution in [0.5, 0.6) is 0 Å². The maximum atomic E-state index is 11.7. The first kappa shape index (κ1) is 16.6. The van der Waals surface area contributed by atoms with E-state index in [1.807, 2.05) is 5.32 Å². The summed E-state index contributed by atoms with van der Waals surface area (Å²) in [5.74, 6) is 0. The van der Waals surface area contributed by atoms with Gasteiger partial charge in [0.15, 0.2) is 11.0 Å². The molecule has 1 saturated heterocycles. The highest BCUT2D eigenvalue weighted by Crippen LogP contribution is 2.29. The van der Waals surface area contributed by atoms with Crippen molar-refractivity contribution in [2.75, 3.05) is 6.61 Å². The highest BCUT2D eigenvalue weighted by Gasteiger charge is 2.43. The molecule has 0 spiro atoms. The van der Waals surface area contributed by atoms with E-state index < -0.39 is 42.8 Å². The third-order valence-corrected chi connectivity index (χ3v) is 3.58. The van der Waals surface area contributed by atoms with Gasteiger partial charge in [0.05, 0.1) is 18.7 Å². The number of carboxylic acid groups (broad SMARTS) is 1. The summed E-state index contributed by atoms with van der Waals surface area (Å²) >= 11 is 4.97.